The van der Waals surface area contributed by atoms with Gasteiger partial charge in [0.2, 0.25) is 5.88 Å². The summed E-state index contributed by atoms with van der Waals surface area (Å²) in [5, 5.41) is 10.9. The SMILES string of the molecule is CN=C(N)c1c(O)n(CC2CCC2)c(=O)n(C2CCC(C[C@]3(C)C(=O)N(C)C(=O)N3CC3CCOCC3)CC2)c1=O. The number of likely N-dealkylation sites (N-methyl/N-ethyl adjacent to an activating group) is 1. The fraction of sp³-hybridized carbons (Fsp3) is 0.759. The zero-order valence-corrected chi connectivity index (χ0v) is 24.5. The normalized spacial score (nSPS) is 28.4. The van der Waals surface area contributed by atoms with E-state index in [-0.39, 0.29) is 41.2 Å². The van der Waals surface area contributed by atoms with Crippen LogP contribution in [0.1, 0.15) is 82.7 Å². The molecule has 4 fully saturated rings. The van der Waals surface area contributed by atoms with Crippen LogP contribution in [-0.2, 0) is 16.1 Å². The molecule has 3 amide bonds. The minimum Gasteiger partial charge on any atom is -0.494 e. The van der Waals surface area contributed by atoms with Crippen molar-refractivity contribution in [2.45, 2.75) is 89.3 Å². The Morgan fingerprint density at radius 3 is 2.20 bits per heavy atom. The zero-order valence-electron chi connectivity index (χ0n) is 24.5. The number of nitrogens with two attached hydrogens (primary N) is 1. The van der Waals surface area contributed by atoms with Crippen LogP contribution in [0.2, 0.25) is 0 Å². The molecule has 3 N–H and O–H groups in total. The average Bonchev–Trinajstić information content (AvgIpc) is 3.09. The maximum atomic E-state index is 13.6. The molecule has 0 spiro atoms. The van der Waals surface area contributed by atoms with Crippen LogP contribution < -0.4 is 17.0 Å². The van der Waals surface area contributed by atoms with Crippen molar-refractivity contribution in [1.82, 2.24) is 18.9 Å². The first kappa shape index (κ1) is 29.3. The summed E-state index contributed by atoms with van der Waals surface area (Å²) in [6.07, 6.45) is 7.88. The second kappa shape index (κ2) is 11.6. The lowest BCUT2D eigenvalue weighted by atomic mass is 9.77. The van der Waals surface area contributed by atoms with E-state index < -0.39 is 22.7 Å². The monoisotopic (exact) mass is 572 g/mol. The second-order valence-electron chi connectivity index (χ2n) is 12.6. The smallest absolute Gasteiger partial charge is 0.334 e. The lowest BCUT2D eigenvalue weighted by Gasteiger charge is -2.39. The number of nitrogens with zero attached hydrogens (tertiary/aromatic N) is 5. The van der Waals surface area contributed by atoms with Gasteiger partial charge in [0.1, 0.15) is 16.9 Å². The number of hydrogen-bond donors (Lipinski definition) is 2. The highest BCUT2D eigenvalue weighted by molar-refractivity contribution is 6.06. The van der Waals surface area contributed by atoms with Gasteiger partial charge in [0, 0.05) is 46.4 Å². The molecular weight excluding hydrogens is 528 g/mol. The summed E-state index contributed by atoms with van der Waals surface area (Å²) in [6.45, 7) is 4.11. The topological polar surface area (TPSA) is 152 Å². The molecule has 1 aromatic rings. The number of urea groups is 1. The maximum Gasteiger partial charge on any atom is 0.334 e. The Kier molecular flexibility index (Phi) is 8.31. The largest absolute Gasteiger partial charge is 0.494 e. The molecule has 41 heavy (non-hydrogen) atoms. The van der Waals surface area contributed by atoms with E-state index in [1.165, 1.54) is 21.1 Å². The van der Waals surface area contributed by atoms with E-state index in [2.05, 4.69) is 4.99 Å². The maximum absolute atomic E-state index is 13.6. The van der Waals surface area contributed by atoms with Gasteiger partial charge in [0.25, 0.3) is 11.5 Å². The van der Waals surface area contributed by atoms with E-state index >= 15 is 0 Å². The standard InChI is InChI=1S/C29H44N6O6/c1-29(26(38)32(3)27(39)34(29)17-20-11-13-41-14-12-20)15-18-7-9-21(10-8-18)35-25(37)22(23(30)31-2)24(36)33(28(35)40)16-19-5-4-6-19/h18-21,36H,4-17H2,1-3H3,(H2,30,31)/t18?,21?,29-/m1/s1. The number of hydrogen-bond acceptors (Lipinski definition) is 7. The van der Waals surface area contributed by atoms with Crippen molar-refractivity contribution >= 4 is 17.8 Å². The number of ether oxygens (including phenoxy) is 1. The summed E-state index contributed by atoms with van der Waals surface area (Å²) in [6, 6.07) is -0.597. The Hall–Kier alpha value is -3.15. The van der Waals surface area contributed by atoms with Crippen LogP contribution >= 0.6 is 0 Å². The van der Waals surface area contributed by atoms with Crippen LogP contribution in [0.4, 0.5) is 4.79 Å². The van der Waals surface area contributed by atoms with E-state index in [0.717, 1.165) is 32.1 Å². The molecule has 5 rings (SSSR count). The number of carbonyl (C=O) groups is 2. The molecule has 0 radical (unpaired) electrons. The number of aromatic nitrogens is 2. The predicted molar refractivity (Wildman–Crippen MR) is 153 cm³/mol. The molecule has 226 valence electrons. The summed E-state index contributed by atoms with van der Waals surface area (Å²) in [7, 11) is 3.00. The number of amidine groups is 1. The van der Waals surface area contributed by atoms with Crippen LogP contribution in [0, 0.1) is 17.8 Å². The lowest BCUT2D eigenvalue weighted by molar-refractivity contribution is -0.133. The third-order valence-corrected chi connectivity index (χ3v) is 10.0. The molecule has 0 aromatic carbocycles. The van der Waals surface area contributed by atoms with E-state index in [1.807, 2.05) is 6.92 Å². The number of carbonyl (C=O) groups excluding carboxylic acids is 2. The van der Waals surface area contributed by atoms with Crippen LogP contribution in [0.25, 0.3) is 0 Å². The minimum absolute atomic E-state index is 0.0941. The van der Waals surface area contributed by atoms with Crippen molar-refractivity contribution in [3.63, 3.8) is 0 Å². The molecule has 12 nitrogen and oxygen atoms in total. The number of amides is 3. The summed E-state index contributed by atoms with van der Waals surface area (Å²) in [5.74, 6) is 0.0588. The molecule has 1 aromatic heterocycles. The molecular formula is C29H44N6O6. The second-order valence-corrected chi connectivity index (χ2v) is 12.6. The Morgan fingerprint density at radius 2 is 1.61 bits per heavy atom. The number of aliphatic imine (C=N–C) groups is 1. The first-order chi connectivity index (χ1) is 19.6. The Balaban J connectivity index is 1.35. The third kappa shape index (κ3) is 5.30. The average molecular weight is 573 g/mol. The molecule has 0 bridgehead atoms. The Bertz CT molecular complexity index is 1320. The molecule has 2 saturated carbocycles. The van der Waals surface area contributed by atoms with Gasteiger partial charge in [0.15, 0.2) is 0 Å². The summed E-state index contributed by atoms with van der Waals surface area (Å²) < 4.78 is 8.04. The Morgan fingerprint density at radius 1 is 0.976 bits per heavy atom. The van der Waals surface area contributed by atoms with E-state index in [1.54, 1.807) is 11.9 Å². The molecule has 3 heterocycles. The van der Waals surface area contributed by atoms with Crippen LogP contribution in [0.5, 0.6) is 5.88 Å². The number of rotatable bonds is 8. The van der Waals surface area contributed by atoms with Crippen molar-refractivity contribution in [2.75, 3.05) is 33.9 Å². The van der Waals surface area contributed by atoms with Crippen LogP contribution in [0.3, 0.4) is 0 Å². The zero-order chi connectivity index (χ0) is 29.5. The van der Waals surface area contributed by atoms with Gasteiger partial charge in [-0.1, -0.05) is 6.42 Å². The molecule has 12 heteroatoms. The van der Waals surface area contributed by atoms with Gasteiger partial charge in [-0.25, -0.2) is 9.59 Å². The molecule has 2 aliphatic heterocycles. The summed E-state index contributed by atoms with van der Waals surface area (Å²) in [4.78, 5) is 60.5. The minimum atomic E-state index is -0.925. The van der Waals surface area contributed by atoms with Gasteiger partial charge >= 0.3 is 11.7 Å². The number of imide groups is 1. The summed E-state index contributed by atoms with van der Waals surface area (Å²) >= 11 is 0. The predicted octanol–water partition coefficient (Wildman–Crippen LogP) is 2.05. The highest BCUT2D eigenvalue weighted by atomic mass is 16.5. The summed E-state index contributed by atoms with van der Waals surface area (Å²) in [5.41, 5.74) is 3.85. The molecule has 4 aliphatic rings. The van der Waals surface area contributed by atoms with Crippen LogP contribution in [0.15, 0.2) is 14.6 Å². The fourth-order valence-electron chi connectivity index (χ4n) is 7.20. The van der Waals surface area contributed by atoms with Crippen molar-refractivity contribution in [3.8, 4) is 5.88 Å². The van der Waals surface area contributed by atoms with Crippen molar-refractivity contribution in [3.05, 3.63) is 26.4 Å². The van der Waals surface area contributed by atoms with Gasteiger partial charge in [-0.2, -0.15) is 0 Å². The first-order valence-electron chi connectivity index (χ1n) is 15.0. The van der Waals surface area contributed by atoms with Crippen LogP contribution in [-0.4, -0.2) is 81.2 Å². The van der Waals surface area contributed by atoms with Crippen molar-refractivity contribution < 1.29 is 19.4 Å². The van der Waals surface area contributed by atoms with Gasteiger partial charge < -0.3 is 20.5 Å². The fourth-order valence-corrected chi connectivity index (χ4v) is 7.20. The molecule has 1 atom stereocenters. The van der Waals surface area contributed by atoms with Gasteiger partial charge in [-0.05, 0) is 82.5 Å². The lowest BCUT2D eigenvalue weighted by Crippen LogP contribution is -2.51. The molecule has 2 aliphatic carbocycles. The van der Waals surface area contributed by atoms with Crippen molar-refractivity contribution in [2.24, 2.45) is 28.5 Å². The molecule has 0 unspecified atom stereocenters. The van der Waals surface area contributed by atoms with Gasteiger partial charge in [-0.15, -0.1) is 0 Å². The van der Waals surface area contributed by atoms with Gasteiger partial charge in [-0.3, -0.25) is 28.6 Å². The number of aromatic hydroxyl groups is 1. The van der Waals surface area contributed by atoms with E-state index in [4.69, 9.17) is 10.5 Å². The highest BCUT2D eigenvalue weighted by Crippen LogP contribution is 2.41. The van der Waals surface area contributed by atoms with E-state index in [9.17, 15) is 24.3 Å². The Labute approximate surface area is 240 Å². The van der Waals surface area contributed by atoms with E-state index in [0.29, 0.717) is 64.3 Å². The van der Waals surface area contributed by atoms with Gasteiger partial charge in [0.05, 0.1) is 0 Å². The molecule has 2 saturated heterocycles. The van der Waals surface area contributed by atoms with Crippen molar-refractivity contribution in [1.29, 1.82) is 0 Å². The quantitative estimate of drug-likeness (QED) is 0.275. The first-order valence-corrected chi connectivity index (χ1v) is 15.0. The highest BCUT2D eigenvalue weighted by Gasteiger charge is 2.54. The third-order valence-electron chi connectivity index (χ3n) is 10.0.